The first kappa shape index (κ1) is 14.6. The topological polar surface area (TPSA) is 49.3 Å². The van der Waals surface area contributed by atoms with Gasteiger partial charge >= 0.3 is 0 Å². The third-order valence-corrected chi connectivity index (χ3v) is 2.84. The van der Waals surface area contributed by atoms with E-state index < -0.39 is 0 Å². The van der Waals surface area contributed by atoms with Crippen molar-refractivity contribution in [2.75, 3.05) is 11.9 Å². The minimum absolute atomic E-state index is 0.0631. The van der Waals surface area contributed by atoms with E-state index in [2.05, 4.69) is 17.2 Å². The Kier molecular flexibility index (Phi) is 5.70. The molecule has 0 spiro atoms. The summed E-state index contributed by atoms with van der Waals surface area (Å²) in [7, 11) is 0. The highest BCUT2D eigenvalue weighted by Gasteiger charge is 2.12. The smallest absolute Gasteiger partial charge is 0.227 e. The molecule has 1 aromatic rings. The number of nitrogens with one attached hydrogen (secondary N) is 1. The quantitative estimate of drug-likeness (QED) is 0.826. The van der Waals surface area contributed by atoms with Crippen molar-refractivity contribution in [1.29, 1.82) is 0 Å². The normalized spacial score (nSPS) is 11.3. The summed E-state index contributed by atoms with van der Waals surface area (Å²) in [6.07, 6.45) is 0.768. The fraction of sp³-hybridized carbons (Fsp3) is 0.357. The van der Waals surface area contributed by atoms with E-state index in [1.54, 1.807) is 18.2 Å². The van der Waals surface area contributed by atoms with Crippen LogP contribution >= 0.6 is 11.6 Å². The van der Waals surface area contributed by atoms with Crippen molar-refractivity contribution in [1.82, 2.24) is 0 Å². The molecule has 1 amide bonds. The number of aliphatic hydroxyl groups is 1. The average molecular weight is 266 g/mol. The van der Waals surface area contributed by atoms with E-state index in [-0.39, 0.29) is 18.4 Å². The zero-order valence-electron chi connectivity index (χ0n) is 10.5. The first-order chi connectivity index (χ1) is 8.58. The van der Waals surface area contributed by atoms with Gasteiger partial charge in [0.15, 0.2) is 0 Å². The molecule has 0 aliphatic heterocycles. The highest BCUT2D eigenvalue weighted by molar-refractivity contribution is 6.31. The van der Waals surface area contributed by atoms with Crippen LogP contribution in [0.25, 0.3) is 0 Å². The summed E-state index contributed by atoms with van der Waals surface area (Å²) >= 11 is 5.90. The van der Waals surface area contributed by atoms with Crippen LogP contribution in [0.5, 0.6) is 0 Å². The van der Waals surface area contributed by atoms with Crippen LogP contribution in [-0.2, 0) is 4.79 Å². The Morgan fingerprint density at radius 1 is 1.56 bits per heavy atom. The Morgan fingerprint density at radius 3 is 2.89 bits per heavy atom. The first-order valence-corrected chi connectivity index (χ1v) is 6.16. The molecule has 0 fully saturated rings. The summed E-state index contributed by atoms with van der Waals surface area (Å²) in [4.78, 5) is 11.8. The summed E-state index contributed by atoms with van der Waals surface area (Å²) in [5.41, 5.74) is 1.22. The summed E-state index contributed by atoms with van der Waals surface area (Å²) in [5, 5.41) is 12.0. The molecule has 1 aromatic carbocycles. The lowest BCUT2D eigenvalue weighted by Crippen LogP contribution is -2.20. The summed E-state index contributed by atoms with van der Waals surface area (Å²) in [5.74, 6) is 5.20. The molecule has 18 heavy (non-hydrogen) atoms. The molecule has 1 rings (SSSR count). The number of carbonyl (C=O) groups is 1. The summed E-state index contributed by atoms with van der Waals surface area (Å²) in [6.45, 7) is 3.59. The molecule has 96 valence electrons. The molecular weight excluding hydrogens is 250 g/mol. The molecule has 0 bridgehead atoms. The maximum atomic E-state index is 11.8. The molecular formula is C14H16ClNO2. The van der Waals surface area contributed by atoms with Gasteiger partial charge in [-0.05, 0) is 24.6 Å². The Bertz CT molecular complexity index is 488. The standard InChI is InChI=1S/C14H16ClNO2/c1-3-10(2)14(18)16-13-9-12(15)7-6-11(13)5-4-8-17/h6-7,9-10,17H,3,8H2,1-2H3,(H,16,18). The van der Waals surface area contributed by atoms with Gasteiger partial charge in [0.25, 0.3) is 0 Å². The van der Waals surface area contributed by atoms with Gasteiger partial charge in [0.05, 0.1) is 5.69 Å². The molecule has 0 aliphatic rings. The summed E-state index contributed by atoms with van der Waals surface area (Å²) in [6, 6.07) is 5.07. The van der Waals surface area contributed by atoms with Crippen molar-refractivity contribution < 1.29 is 9.90 Å². The number of amides is 1. The number of halogens is 1. The number of carbonyl (C=O) groups excluding carboxylic acids is 1. The average Bonchev–Trinajstić information content (AvgIpc) is 2.36. The minimum atomic E-state index is -0.221. The minimum Gasteiger partial charge on any atom is -0.384 e. The fourth-order valence-electron chi connectivity index (χ4n) is 1.30. The van der Waals surface area contributed by atoms with E-state index in [0.29, 0.717) is 16.3 Å². The molecule has 3 nitrogen and oxygen atoms in total. The van der Waals surface area contributed by atoms with E-state index in [9.17, 15) is 4.79 Å². The van der Waals surface area contributed by atoms with E-state index in [1.807, 2.05) is 13.8 Å². The van der Waals surface area contributed by atoms with Gasteiger partial charge in [-0.3, -0.25) is 4.79 Å². The van der Waals surface area contributed by atoms with Gasteiger partial charge in [0.2, 0.25) is 5.91 Å². The van der Waals surface area contributed by atoms with E-state index in [4.69, 9.17) is 16.7 Å². The van der Waals surface area contributed by atoms with Gasteiger partial charge in [-0.2, -0.15) is 0 Å². The molecule has 0 saturated heterocycles. The van der Waals surface area contributed by atoms with Gasteiger partial charge < -0.3 is 10.4 Å². The van der Waals surface area contributed by atoms with Crippen LogP contribution in [0.2, 0.25) is 5.02 Å². The van der Waals surface area contributed by atoms with E-state index >= 15 is 0 Å². The molecule has 0 aromatic heterocycles. The lowest BCUT2D eigenvalue weighted by molar-refractivity contribution is -0.119. The van der Waals surface area contributed by atoms with Gasteiger partial charge in [-0.25, -0.2) is 0 Å². The van der Waals surface area contributed by atoms with Crippen LogP contribution in [0.3, 0.4) is 0 Å². The van der Waals surface area contributed by atoms with Crippen molar-refractivity contribution >= 4 is 23.2 Å². The lowest BCUT2D eigenvalue weighted by Gasteiger charge is -2.11. The molecule has 2 N–H and O–H groups in total. The Balaban J connectivity index is 2.99. The molecule has 4 heteroatoms. The number of hydrogen-bond acceptors (Lipinski definition) is 2. The zero-order chi connectivity index (χ0) is 13.5. The maximum Gasteiger partial charge on any atom is 0.227 e. The second-order valence-electron chi connectivity index (χ2n) is 3.95. The predicted molar refractivity (Wildman–Crippen MR) is 73.5 cm³/mol. The highest BCUT2D eigenvalue weighted by Crippen LogP contribution is 2.21. The maximum absolute atomic E-state index is 11.8. The number of rotatable bonds is 3. The number of aliphatic hydroxyl groups excluding tert-OH is 1. The van der Waals surface area contributed by atoms with Gasteiger partial charge in [-0.15, -0.1) is 0 Å². The Hall–Kier alpha value is -1.50. The van der Waals surface area contributed by atoms with Crippen LogP contribution in [0.15, 0.2) is 18.2 Å². The third-order valence-electron chi connectivity index (χ3n) is 2.60. The Morgan fingerprint density at radius 2 is 2.28 bits per heavy atom. The van der Waals surface area contributed by atoms with Crippen molar-refractivity contribution in [2.24, 2.45) is 5.92 Å². The Labute approximate surface area is 112 Å². The highest BCUT2D eigenvalue weighted by atomic mass is 35.5. The van der Waals surface area contributed by atoms with Crippen LogP contribution in [0, 0.1) is 17.8 Å². The van der Waals surface area contributed by atoms with Crippen LogP contribution < -0.4 is 5.32 Å². The molecule has 0 heterocycles. The van der Waals surface area contributed by atoms with Crippen molar-refractivity contribution in [3.63, 3.8) is 0 Å². The molecule has 1 unspecified atom stereocenters. The zero-order valence-corrected chi connectivity index (χ0v) is 11.2. The van der Waals surface area contributed by atoms with Crippen LogP contribution in [0.1, 0.15) is 25.8 Å². The second-order valence-corrected chi connectivity index (χ2v) is 4.38. The first-order valence-electron chi connectivity index (χ1n) is 5.78. The molecule has 0 radical (unpaired) electrons. The van der Waals surface area contributed by atoms with Gasteiger partial charge in [0.1, 0.15) is 6.61 Å². The van der Waals surface area contributed by atoms with Crippen LogP contribution in [-0.4, -0.2) is 17.6 Å². The molecule has 0 aliphatic carbocycles. The van der Waals surface area contributed by atoms with E-state index in [1.165, 1.54) is 0 Å². The monoisotopic (exact) mass is 265 g/mol. The number of benzene rings is 1. The van der Waals surface area contributed by atoms with E-state index in [0.717, 1.165) is 6.42 Å². The van der Waals surface area contributed by atoms with Crippen LogP contribution in [0.4, 0.5) is 5.69 Å². The molecule has 1 atom stereocenters. The number of anilines is 1. The molecule has 0 saturated carbocycles. The van der Waals surface area contributed by atoms with Crippen molar-refractivity contribution in [2.45, 2.75) is 20.3 Å². The second kappa shape index (κ2) is 7.05. The van der Waals surface area contributed by atoms with Crippen molar-refractivity contribution in [3.05, 3.63) is 28.8 Å². The summed E-state index contributed by atoms with van der Waals surface area (Å²) < 4.78 is 0. The largest absolute Gasteiger partial charge is 0.384 e. The number of hydrogen-bond donors (Lipinski definition) is 2. The fourth-order valence-corrected chi connectivity index (χ4v) is 1.48. The third kappa shape index (κ3) is 4.06. The van der Waals surface area contributed by atoms with Crippen molar-refractivity contribution in [3.8, 4) is 11.8 Å². The van der Waals surface area contributed by atoms with Gasteiger partial charge in [0, 0.05) is 16.5 Å². The van der Waals surface area contributed by atoms with Gasteiger partial charge in [-0.1, -0.05) is 37.3 Å². The predicted octanol–water partition coefficient (Wildman–Crippen LogP) is 2.67. The SMILES string of the molecule is CCC(C)C(=O)Nc1cc(Cl)ccc1C#CCO. The lowest BCUT2D eigenvalue weighted by atomic mass is 10.1.